The fraction of sp³-hybridized carbons (Fsp3) is 0. The first kappa shape index (κ1) is 7.48. The molecule has 0 bridgehead atoms. The highest BCUT2D eigenvalue weighted by molar-refractivity contribution is 5.96. The topological polar surface area (TPSA) is 70.9 Å². The highest BCUT2D eigenvalue weighted by Crippen LogP contribution is 1.73. The van der Waals surface area contributed by atoms with Gasteiger partial charge in [-0.1, -0.05) is 0 Å². The van der Waals surface area contributed by atoms with Crippen molar-refractivity contribution in [2.24, 2.45) is 9.98 Å². The molecule has 0 saturated carbocycles. The molecule has 0 aromatic heterocycles. The van der Waals surface area contributed by atoms with Gasteiger partial charge in [0, 0.05) is 0 Å². The zero-order valence-corrected chi connectivity index (χ0v) is 4.63. The second kappa shape index (κ2) is 3.48. The van der Waals surface area contributed by atoms with E-state index in [-0.39, 0.29) is 0 Å². The number of urea groups is 2. The van der Waals surface area contributed by atoms with Gasteiger partial charge in [0.2, 0.25) is 0 Å². The minimum atomic E-state index is -0.826. The lowest BCUT2D eigenvalue weighted by Crippen LogP contribution is -2.23. The summed E-state index contributed by atoms with van der Waals surface area (Å²) in [6, 6.07) is -1.65. The van der Waals surface area contributed by atoms with E-state index < -0.39 is 12.1 Å². The zero-order valence-electron chi connectivity index (χ0n) is 4.63. The number of aliphatic imine (C=N–C) groups is 2. The fourth-order valence-corrected chi connectivity index (χ4v) is 0.171. The van der Waals surface area contributed by atoms with Crippen molar-refractivity contribution in [3.63, 3.8) is 0 Å². The molecule has 0 unspecified atom stereocenters. The lowest BCUT2D eigenvalue weighted by molar-refractivity contribution is 0.237. The summed E-state index contributed by atoms with van der Waals surface area (Å²) in [5, 5.41) is 1.74. The van der Waals surface area contributed by atoms with Gasteiger partial charge in [0.1, 0.15) is 0 Å². The monoisotopic (exact) mass is 127 g/mol. The van der Waals surface area contributed by atoms with Crippen molar-refractivity contribution in [1.29, 1.82) is 0 Å². The van der Waals surface area contributed by atoms with E-state index in [4.69, 9.17) is 0 Å². The van der Waals surface area contributed by atoms with Gasteiger partial charge in [0.05, 0.1) is 0 Å². The lowest BCUT2D eigenvalue weighted by atomic mass is 10.9. The molecule has 0 spiro atoms. The molecule has 1 N–H and O–H groups in total. The van der Waals surface area contributed by atoms with Crippen LogP contribution < -0.4 is 5.32 Å². The summed E-state index contributed by atoms with van der Waals surface area (Å²) in [6.07, 6.45) is 0. The van der Waals surface area contributed by atoms with Crippen LogP contribution in [0.15, 0.2) is 9.98 Å². The smallest absolute Gasteiger partial charge is 0.256 e. The van der Waals surface area contributed by atoms with E-state index in [1.165, 1.54) is 0 Å². The Morgan fingerprint density at radius 2 is 1.44 bits per heavy atom. The van der Waals surface area contributed by atoms with Crippen molar-refractivity contribution < 1.29 is 9.59 Å². The molecule has 0 fully saturated rings. The van der Waals surface area contributed by atoms with Crippen LogP contribution >= 0.6 is 0 Å². The van der Waals surface area contributed by atoms with Crippen LogP contribution in [0, 0.1) is 0 Å². The third-order valence-electron chi connectivity index (χ3n) is 0.501. The Labute approximate surface area is 51.5 Å². The first-order valence-electron chi connectivity index (χ1n) is 1.99. The van der Waals surface area contributed by atoms with Gasteiger partial charge in [-0.2, -0.15) is 0 Å². The number of hydrogen-bond donors (Lipinski definition) is 1. The van der Waals surface area contributed by atoms with Gasteiger partial charge in [0.25, 0.3) is 0 Å². The molecule has 0 rings (SSSR count). The van der Waals surface area contributed by atoms with Crippen molar-refractivity contribution in [3.05, 3.63) is 0 Å². The van der Waals surface area contributed by atoms with Gasteiger partial charge in [-0.05, 0) is 13.4 Å². The van der Waals surface area contributed by atoms with E-state index in [1.807, 2.05) is 0 Å². The van der Waals surface area contributed by atoms with Gasteiger partial charge in [-0.15, -0.1) is 0 Å². The van der Waals surface area contributed by atoms with Gasteiger partial charge < -0.3 is 0 Å². The van der Waals surface area contributed by atoms with Crippen molar-refractivity contribution in [2.75, 3.05) is 0 Å². The van der Waals surface area contributed by atoms with E-state index in [2.05, 4.69) is 23.4 Å². The Balaban J connectivity index is 3.73. The average molecular weight is 127 g/mol. The van der Waals surface area contributed by atoms with Crippen molar-refractivity contribution in [2.45, 2.75) is 0 Å². The number of rotatable bonds is 0. The average Bonchev–Trinajstić information content (AvgIpc) is 1.87. The minimum absolute atomic E-state index is 0.826. The third kappa shape index (κ3) is 3.10. The van der Waals surface area contributed by atoms with E-state index in [9.17, 15) is 9.59 Å². The maximum atomic E-state index is 10.1. The Bertz CT molecular complexity index is 145. The van der Waals surface area contributed by atoms with Gasteiger partial charge >= 0.3 is 12.1 Å². The quantitative estimate of drug-likeness (QED) is 0.472. The number of carbonyl (C=O) groups excluding carboxylic acids is 2. The minimum Gasteiger partial charge on any atom is -0.256 e. The largest absolute Gasteiger partial charge is 0.348 e. The predicted octanol–water partition coefficient (Wildman–Crippen LogP) is 0.217. The van der Waals surface area contributed by atoms with Crippen molar-refractivity contribution in [1.82, 2.24) is 5.32 Å². The van der Waals surface area contributed by atoms with Crippen LogP contribution in [0.2, 0.25) is 0 Å². The van der Waals surface area contributed by atoms with Crippen LogP contribution in [0.25, 0.3) is 0 Å². The molecule has 0 saturated heterocycles. The molecule has 0 aromatic rings. The molecule has 4 amide bonds. The Morgan fingerprint density at radius 1 is 1.11 bits per heavy atom. The van der Waals surface area contributed by atoms with Crippen LogP contribution in [0.4, 0.5) is 9.59 Å². The molecule has 0 atom stereocenters. The summed E-state index contributed by atoms with van der Waals surface area (Å²) in [4.78, 5) is 26.0. The molecule has 5 nitrogen and oxygen atoms in total. The van der Waals surface area contributed by atoms with Gasteiger partial charge in [-0.25, -0.2) is 19.6 Å². The highest BCUT2D eigenvalue weighted by atomic mass is 16.2. The number of amides is 4. The second-order valence-corrected chi connectivity index (χ2v) is 1.05. The number of carbonyl (C=O) groups is 2. The Morgan fingerprint density at radius 3 is 1.67 bits per heavy atom. The van der Waals surface area contributed by atoms with E-state index in [1.54, 1.807) is 5.32 Å². The zero-order chi connectivity index (χ0) is 7.28. The Hall–Kier alpha value is -1.52. The maximum Gasteiger partial charge on any atom is 0.348 e. The Kier molecular flexibility index (Phi) is 2.89. The SMILES string of the molecule is C=NC(=O)NC(=O)N=C. The number of imide groups is 1. The number of nitrogens with zero attached hydrogens (tertiary/aromatic N) is 2. The first-order valence-corrected chi connectivity index (χ1v) is 1.99. The molecule has 48 valence electrons. The molecule has 9 heavy (non-hydrogen) atoms. The summed E-state index contributed by atoms with van der Waals surface area (Å²) in [7, 11) is 0. The van der Waals surface area contributed by atoms with Crippen LogP contribution in [-0.2, 0) is 0 Å². The van der Waals surface area contributed by atoms with Crippen LogP contribution in [0.3, 0.4) is 0 Å². The third-order valence-corrected chi connectivity index (χ3v) is 0.501. The van der Waals surface area contributed by atoms with E-state index >= 15 is 0 Å². The van der Waals surface area contributed by atoms with Crippen LogP contribution in [0.5, 0.6) is 0 Å². The summed E-state index contributed by atoms with van der Waals surface area (Å²) < 4.78 is 0. The normalized spacial score (nSPS) is 7.56. The van der Waals surface area contributed by atoms with Gasteiger partial charge in [0.15, 0.2) is 0 Å². The summed E-state index contributed by atoms with van der Waals surface area (Å²) in [6.45, 7) is 5.74. The lowest BCUT2D eigenvalue weighted by Gasteiger charge is -1.89. The molecule has 5 heteroatoms. The molecule has 0 aliphatic rings. The number of nitrogens with one attached hydrogen (secondary N) is 1. The van der Waals surface area contributed by atoms with Crippen LogP contribution in [-0.4, -0.2) is 25.5 Å². The first-order chi connectivity index (χ1) is 4.20. The van der Waals surface area contributed by atoms with E-state index in [0.717, 1.165) is 0 Å². The number of hydrogen-bond acceptors (Lipinski definition) is 2. The standard InChI is InChI=1S/C4H5N3O2/c1-5-3(8)7-4(9)6-2/h1-2H2,(H,7,8,9). The molecular formula is C4H5N3O2. The molecule has 0 aliphatic carbocycles. The summed E-state index contributed by atoms with van der Waals surface area (Å²) >= 11 is 0. The molecule has 0 radical (unpaired) electrons. The maximum absolute atomic E-state index is 10.1. The molecule has 0 heterocycles. The second-order valence-electron chi connectivity index (χ2n) is 1.05. The predicted molar refractivity (Wildman–Crippen MR) is 33.0 cm³/mol. The summed E-state index contributed by atoms with van der Waals surface area (Å²) in [5.74, 6) is 0. The molecule has 0 aliphatic heterocycles. The van der Waals surface area contributed by atoms with Crippen molar-refractivity contribution >= 4 is 25.5 Å². The van der Waals surface area contributed by atoms with Gasteiger partial charge in [-0.3, -0.25) is 5.32 Å². The molecular weight excluding hydrogens is 122 g/mol. The van der Waals surface area contributed by atoms with Crippen LogP contribution in [0.1, 0.15) is 0 Å². The van der Waals surface area contributed by atoms with E-state index in [0.29, 0.717) is 0 Å². The fourth-order valence-electron chi connectivity index (χ4n) is 0.171. The highest BCUT2D eigenvalue weighted by Gasteiger charge is 1.99. The van der Waals surface area contributed by atoms with Crippen molar-refractivity contribution in [3.8, 4) is 0 Å². The summed E-state index contributed by atoms with van der Waals surface area (Å²) in [5.41, 5.74) is 0. The molecule has 0 aromatic carbocycles.